The third-order valence-corrected chi connectivity index (χ3v) is 5.05. The normalized spacial score (nSPS) is 18.2. The van der Waals surface area contributed by atoms with Crippen LogP contribution in [0.1, 0.15) is 41.9 Å². The number of likely N-dealkylation sites (tertiary alicyclic amines) is 1. The number of likely N-dealkylation sites (N-methyl/N-ethyl adjacent to an activating group) is 1. The van der Waals surface area contributed by atoms with E-state index in [0.29, 0.717) is 5.69 Å². The second-order valence-corrected chi connectivity index (χ2v) is 7.47. The minimum absolute atomic E-state index is 0.0657. The van der Waals surface area contributed by atoms with Gasteiger partial charge in [-0.15, -0.1) is 5.10 Å². The lowest BCUT2D eigenvalue weighted by Gasteiger charge is -2.32. The fourth-order valence-corrected chi connectivity index (χ4v) is 3.62. The molecule has 2 aromatic rings. The molecule has 3 rings (SSSR count). The minimum Gasteiger partial charge on any atom is -0.395 e. The number of carbonyl (C=O) groups is 1. The van der Waals surface area contributed by atoms with Gasteiger partial charge in [0, 0.05) is 26.7 Å². The molecule has 1 atom stereocenters. The average Bonchev–Trinajstić information content (AvgIpc) is 3.18. The Morgan fingerprint density at radius 3 is 2.89 bits per heavy atom. The molecule has 1 unspecified atom stereocenters. The van der Waals surface area contributed by atoms with Crippen molar-refractivity contribution in [1.29, 1.82) is 0 Å². The van der Waals surface area contributed by atoms with E-state index in [-0.39, 0.29) is 25.1 Å². The molecule has 1 aliphatic rings. The summed E-state index contributed by atoms with van der Waals surface area (Å²) in [4.78, 5) is 16.2. The molecule has 2 heterocycles. The third-order valence-electron chi connectivity index (χ3n) is 5.05. The summed E-state index contributed by atoms with van der Waals surface area (Å²) in [7, 11) is 1.65. The Morgan fingerprint density at radius 2 is 2.14 bits per heavy atom. The molecule has 1 fully saturated rings. The van der Waals surface area contributed by atoms with Crippen molar-refractivity contribution in [3.8, 4) is 0 Å². The summed E-state index contributed by atoms with van der Waals surface area (Å²) in [6, 6.07) is 10.6. The number of aromatic nitrogens is 3. The van der Waals surface area contributed by atoms with Gasteiger partial charge in [-0.3, -0.25) is 9.69 Å². The molecule has 1 aromatic carbocycles. The van der Waals surface area contributed by atoms with Crippen molar-refractivity contribution in [1.82, 2.24) is 24.8 Å². The van der Waals surface area contributed by atoms with E-state index in [1.165, 1.54) is 16.0 Å². The van der Waals surface area contributed by atoms with E-state index in [1.807, 2.05) is 10.7 Å². The number of rotatable bonds is 7. The highest BCUT2D eigenvalue weighted by Crippen LogP contribution is 2.22. The monoisotopic (exact) mass is 383 g/mol. The van der Waals surface area contributed by atoms with Crippen molar-refractivity contribution in [2.75, 3.05) is 39.8 Å². The van der Waals surface area contributed by atoms with Crippen LogP contribution in [0.15, 0.2) is 42.1 Å². The van der Waals surface area contributed by atoms with Crippen LogP contribution in [0, 0.1) is 0 Å². The van der Waals surface area contributed by atoms with Crippen molar-refractivity contribution >= 4 is 12.0 Å². The zero-order valence-corrected chi connectivity index (χ0v) is 16.7. The van der Waals surface area contributed by atoms with Crippen molar-refractivity contribution < 1.29 is 9.90 Å². The first-order chi connectivity index (χ1) is 13.6. The summed E-state index contributed by atoms with van der Waals surface area (Å²) in [5.74, 6) is -0.213. The molecule has 1 aliphatic heterocycles. The van der Waals surface area contributed by atoms with Crippen LogP contribution in [0.5, 0.6) is 0 Å². The molecule has 150 valence electrons. The Morgan fingerprint density at radius 1 is 1.36 bits per heavy atom. The number of amides is 1. The van der Waals surface area contributed by atoms with Crippen LogP contribution in [0.3, 0.4) is 0 Å². The predicted octanol–water partition coefficient (Wildman–Crippen LogP) is 2.08. The third kappa shape index (κ3) is 5.27. The molecule has 0 spiro atoms. The summed E-state index contributed by atoms with van der Waals surface area (Å²) in [6.07, 6.45) is 6.09. The number of benzene rings is 1. The van der Waals surface area contributed by atoms with Gasteiger partial charge < -0.3 is 10.0 Å². The lowest BCUT2D eigenvalue weighted by atomic mass is 10.0. The Kier molecular flexibility index (Phi) is 6.95. The predicted molar refractivity (Wildman–Crippen MR) is 109 cm³/mol. The maximum absolute atomic E-state index is 12.3. The van der Waals surface area contributed by atoms with Crippen LogP contribution in [0.2, 0.25) is 0 Å². The van der Waals surface area contributed by atoms with Crippen molar-refractivity contribution in [2.24, 2.45) is 0 Å². The number of aliphatic hydroxyl groups is 1. The first kappa shape index (κ1) is 20.2. The SMILES string of the molecule is C/C(=C\c1ccccc1)CN1CCCC(n2cc(C(=O)N(C)CCO)nn2)C1. The van der Waals surface area contributed by atoms with E-state index in [0.717, 1.165) is 32.5 Å². The largest absolute Gasteiger partial charge is 0.395 e. The fraction of sp³-hybridized carbons (Fsp3) is 0.476. The quantitative estimate of drug-likeness (QED) is 0.792. The van der Waals surface area contributed by atoms with E-state index in [4.69, 9.17) is 5.11 Å². The highest BCUT2D eigenvalue weighted by atomic mass is 16.3. The van der Waals surface area contributed by atoms with Gasteiger partial charge in [0.15, 0.2) is 5.69 Å². The molecule has 0 bridgehead atoms. The average molecular weight is 383 g/mol. The molecular formula is C21H29N5O2. The van der Waals surface area contributed by atoms with E-state index < -0.39 is 0 Å². The Hall–Kier alpha value is -2.51. The van der Waals surface area contributed by atoms with Crippen LogP contribution in [-0.4, -0.2) is 75.6 Å². The van der Waals surface area contributed by atoms with Gasteiger partial charge in [0.25, 0.3) is 5.91 Å². The highest BCUT2D eigenvalue weighted by Gasteiger charge is 2.24. The van der Waals surface area contributed by atoms with Crippen molar-refractivity contribution in [3.63, 3.8) is 0 Å². The summed E-state index contributed by atoms with van der Waals surface area (Å²) < 4.78 is 1.82. The zero-order chi connectivity index (χ0) is 19.9. The summed E-state index contributed by atoms with van der Waals surface area (Å²) >= 11 is 0. The number of hydrogen-bond donors (Lipinski definition) is 1. The molecule has 1 aromatic heterocycles. The topological polar surface area (TPSA) is 74.5 Å². The minimum atomic E-state index is -0.213. The molecule has 1 saturated heterocycles. The molecule has 1 amide bonds. The lowest BCUT2D eigenvalue weighted by Crippen LogP contribution is -2.37. The van der Waals surface area contributed by atoms with Crippen LogP contribution >= 0.6 is 0 Å². The maximum atomic E-state index is 12.3. The van der Waals surface area contributed by atoms with Gasteiger partial charge in [-0.05, 0) is 31.9 Å². The fourth-order valence-electron chi connectivity index (χ4n) is 3.62. The van der Waals surface area contributed by atoms with E-state index in [2.05, 4.69) is 52.5 Å². The van der Waals surface area contributed by atoms with Gasteiger partial charge in [0.2, 0.25) is 0 Å². The summed E-state index contributed by atoms with van der Waals surface area (Å²) in [5.41, 5.74) is 2.88. The van der Waals surface area contributed by atoms with E-state index >= 15 is 0 Å². The van der Waals surface area contributed by atoms with Crippen LogP contribution in [0.25, 0.3) is 6.08 Å². The summed E-state index contributed by atoms with van der Waals surface area (Å²) in [5, 5.41) is 17.2. The Bertz CT molecular complexity index is 802. The Balaban J connectivity index is 1.61. The first-order valence-corrected chi connectivity index (χ1v) is 9.79. The van der Waals surface area contributed by atoms with Gasteiger partial charge in [-0.25, -0.2) is 4.68 Å². The molecule has 7 heteroatoms. The number of hydrogen-bond acceptors (Lipinski definition) is 5. The second kappa shape index (κ2) is 9.61. The molecule has 0 radical (unpaired) electrons. The maximum Gasteiger partial charge on any atom is 0.275 e. The summed E-state index contributed by atoms with van der Waals surface area (Å²) in [6.45, 7) is 5.27. The van der Waals surface area contributed by atoms with Gasteiger partial charge in [-0.2, -0.15) is 0 Å². The number of piperidine rings is 1. The molecule has 1 N–H and O–H groups in total. The number of carbonyl (C=O) groups excluding carboxylic acids is 1. The highest BCUT2D eigenvalue weighted by molar-refractivity contribution is 5.91. The van der Waals surface area contributed by atoms with Gasteiger partial charge in [0.1, 0.15) is 0 Å². The van der Waals surface area contributed by atoms with Crippen LogP contribution in [0.4, 0.5) is 0 Å². The van der Waals surface area contributed by atoms with Crippen molar-refractivity contribution in [3.05, 3.63) is 53.4 Å². The van der Waals surface area contributed by atoms with Crippen molar-refractivity contribution in [2.45, 2.75) is 25.8 Å². The molecule has 28 heavy (non-hydrogen) atoms. The number of nitrogens with zero attached hydrogens (tertiary/aromatic N) is 5. The van der Waals surface area contributed by atoms with Gasteiger partial charge in [0.05, 0.1) is 18.8 Å². The molecular weight excluding hydrogens is 354 g/mol. The standard InChI is InChI=1S/C21H29N5O2/c1-17(13-18-7-4-3-5-8-18)14-25-10-6-9-19(15-25)26-16-20(22-23-26)21(28)24(2)11-12-27/h3-5,7-8,13,16,19,27H,6,9-12,14-15H2,1-2H3/b17-13+. The van der Waals surface area contributed by atoms with Gasteiger partial charge >= 0.3 is 0 Å². The zero-order valence-electron chi connectivity index (χ0n) is 16.7. The lowest BCUT2D eigenvalue weighted by molar-refractivity contribution is 0.0761. The smallest absolute Gasteiger partial charge is 0.275 e. The van der Waals surface area contributed by atoms with E-state index in [9.17, 15) is 4.79 Å². The van der Waals surface area contributed by atoms with Crippen LogP contribution in [-0.2, 0) is 0 Å². The first-order valence-electron chi connectivity index (χ1n) is 9.79. The molecule has 7 nitrogen and oxygen atoms in total. The molecule has 0 saturated carbocycles. The van der Waals surface area contributed by atoms with Gasteiger partial charge in [-0.1, -0.05) is 47.2 Å². The van der Waals surface area contributed by atoms with E-state index in [1.54, 1.807) is 13.2 Å². The van der Waals surface area contributed by atoms with Crippen LogP contribution < -0.4 is 0 Å². The number of aliphatic hydroxyl groups excluding tert-OH is 1. The Labute approximate surface area is 166 Å². The molecule has 0 aliphatic carbocycles. The second-order valence-electron chi connectivity index (χ2n) is 7.47.